The number of halogens is 1. The van der Waals surface area contributed by atoms with Crippen LogP contribution in [0.2, 0.25) is 0 Å². The number of esters is 1. The maximum absolute atomic E-state index is 15.6. The molecule has 0 amide bonds. The van der Waals surface area contributed by atoms with Crippen LogP contribution in [0.1, 0.15) is 85.9 Å². The Bertz CT molecular complexity index is 1210. The first-order chi connectivity index (χ1) is 16.8. The Morgan fingerprint density at radius 3 is 2.19 bits per heavy atom. The number of hydrogen-bond donors (Lipinski definition) is 1. The third-order valence-corrected chi connectivity index (χ3v) is 6.46. The topological polar surface area (TPSA) is 88.9 Å². The quantitative estimate of drug-likeness (QED) is 0.384. The molecule has 1 aliphatic heterocycles. The number of ether oxygens (including phenoxy) is 3. The lowest BCUT2D eigenvalue weighted by molar-refractivity contribution is 0.0600. The number of rotatable bonds is 8. The first kappa shape index (κ1) is 27.2. The molecule has 0 saturated carbocycles. The highest BCUT2D eigenvalue weighted by atomic mass is 19.1. The number of carbonyl (C=O) groups is 2. The molecular weight excluding hydrogens is 463 g/mol. The van der Waals surface area contributed by atoms with Crippen molar-refractivity contribution in [1.29, 1.82) is 5.41 Å². The fourth-order valence-corrected chi connectivity index (χ4v) is 4.39. The van der Waals surface area contributed by atoms with Crippen molar-refractivity contribution >= 4 is 17.6 Å². The molecule has 1 aliphatic rings. The summed E-state index contributed by atoms with van der Waals surface area (Å²) >= 11 is 0. The maximum Gasteiger partial charge on any atom is 0.337 e. The monoisotopic (exact) mass is 498 g/mol. The van der Waals surface area contributed by atoms with Gasteiger partial charge >= 0.3 is 5.97 Å². The molecule has 1 heterocycles. The van der Waals surface area contributed by atoms with E-state index in [-0.39, 0.29) is 52.8 Å². The summed E-state index contributed by atoms with van der Waals surface area (Å²) in [7, 11) is 1.29. The van der Waals surface area contributed by atoms with Gasteiger partial charge in [0.05, 0.1) is 43.5 Å². The van der Waals surface area contributed by atoms with Crippen LogP contribution in [-0.2, 0) is 15.7 Å². The number of fused-ring (bicyclic) bond motifs is 1. The molecule has 194 valence electrons. The van der Waals surface area contributed by atoms with Gasteiger partial charge in [0.1, 0.15) is 5.84 Å². The van der Waals surface area contributed by atoms with E-state index in [9.17, 15) is 9.59 Å². The van der Waals surface area contributed by atoms with Gasteiger partial charge in [0.15, 0.2) is 23.1 Å². The van der Waals surface area contributed by atoms with E-state index in [1.807, 2.05) is 34.6 Å². The van der Waals surface area contributed by atoms with Crippen LogP contribution in [0.4, 0.5) is 4.39 Å². The number of nitrogens with one attached hydrogen (secondary N) is 1. The standard InChI is InChI=1S/C28H35FN2O5/c1-9-35-21-14-19-22(23(29)24(21)36-10-2)25(30)31(28(19,6)7)15-20(32)16-11-17(26(33)34-8)13-18(12-16)27(3,4)5/h11-14,30H,9-10,15H2,1-8H3. The number of Topliss-reactive ketones (excluding diaryl/α,β-unsaturated/α-hetero) is 1. The van der Waals surface area contributed by atoms with Crippen LogP contribution < -0.4 is 9.47 Å². The third kappa shape index (κ3) is 4.81. The first-order valence-corrected chi connectivity index (χ1v) is 12.0. The van der Waals surface area contributed by atoms with Crippen molar-refractivity contribution in [2.24, 2.45) is 0 Å². The second-order valence-corrected chi connectivity index (χ2v) is 10.3. The first-order valence-electron chi connectivity index (χ1n) is 12.0. The second kappa shape index (κ2) is 9.91. The predicted molar refractivity (Wildman–Crippen MR) is 136 cm³/mol. The zero-order valence-corrected chi connectivity index (χ0v) is 22.3. The number of nitrogens with zero attached hydrogens (tertiary/aromatic N) is 1. The highest BCUT2D eigenvalue weighted by Gasteiger charge is 2.45. The number of benzene rings is 2. The van der Waals surface area contributed by atoms with E-state index in [0.29, 0.717) is 17.7 Å². The lowest BCUT2D eigenvalue weighted by atomic mass is 9.84. The van der Waals surface area contributed by atoms with Crippen molar-refractivity contribution in [3.05, 3.63) is 57.9 Å². The van der Waals surface area contributed by atoms with Gasteiger partial charge in [0, 0.05) is 5.56 Å². The number of hydrogen-bond acceptors (Lipinski definition) is 6. The summed E-state index contributed by atoms with van der Waals surface area (Å²) in [4.78, 5) is 27.4. The molecule has 0 aliphatic carbocycles. The van der Waals surface area contributed by atoms with Crippen LogP contribution in [0.5, 0.6) is 11.5 Å². The zero-order chi connectivity index (χ0) is 27.0. The molecule has 36 heavy (non-hydrogen) atoms. The molecule has 0 atom stereocenters. The van der Waals surface area contributed by atoms with Crippen LogP contribution in [0.25, 0.3) is 0 Å². The summed E-state index contributed by atoms with van der Waals surface area (Å²) in [5.41, 5.74) is 0.868. The summed E-state index contributed by atoms with van der Waals surface area (Å²) in [6, 6.07) is 6.68. The molecule has 7 nitrogen and oxygen atoms in total. The molecule has 0 fully saturated rings. The van der Waals surface area contributed by atoms with Crippen molar-refractivity contribution in [3.8, 4) is 11.5 Å². The van der Waals surface area contributed by atoms with Crippen LogP contribution in [0.15, 0.2) is 24.3 Å². The smallest absolute Gasteiger partial charge is 0.337 e. The Hall–Kier alpha value is -3.42. The highest BCUT2D eigenvalue weighted by molar-refractivity contribution is 6.07. The number of carbonyl (C=O) groups excluding carboxylic acids is 2. The molecule has 1 N–H and O–H groups in total. The Labute approximate surface area is 212 Å². The molecule has 8 heteroatoms. The molecule has 0 aromatic heterocycles. The Morgan fingerprint density at radius 1 is 1.03 bits per heavy atom. The Morgan fingerprint density at radius 2 is 1.64 bits per heavy atom. The zero-order valence-electron chi connectivity index (χ0n) is 22.3. The molecule has 0 unspecified atom stereocenters. The highest BCUT2D eigenvalue weighted by Crippen LogP contribution is 2.46. The average Bonchev–Trinajstić information content (AvgIpc) is 3.00. The summed E-state index contributed by atoms with van der Waals surface area (Å²) in [5.74, 6) is -1.38. The molecule has 0 saturated heterocycles. The van der Waals surface area contributed by atoms with E-state index >= 15 is 4.39 Å². The van der Waals surface area contributed by atoms with Crippen molar-refractivity contribution in [2.45, 2.75) is 59.4 Å². The molecule has 2 aromatic carbocycles. The molecule has 0 bridgehead atoms. The van der Waals surface area contributed by atoms with Gasteiger partial charge in [0.25, 0.3) is 0 Å². The van der Waals surface area contributed by atoms with Gasteiger partial charge in [-0.3, -0.25) is 10.2 Å². The summed E-state index contributed by atoms with van der Waals surface area (Å²) in [6.45, 7) is 13.6. The minimum atomic E-state index is -0.869. The van der Waals surface area contributed by atoms with Crippen molar-refractivity contribution in [3.63, 3.8) is 0 Å². The largest absolute Gasteiger partial charge is 0.490 e. The summed E-state index contributed by atoms with van der Waals surface area (Å²) < 4.78 is 31.7. The van der Waals surface area contributed by atoms with Gasteiger partial charge in [-0.2, -0.15) is 0 Å². The molecule has 3 rings (SSSR count). The number of ketones is 1. The van der Waals surface area contributed by atoms with Gasteiger partial charge in [0.2, 0.25) is 0 Å². The average molecular weight is 499 g/mol. The van der Waals surface area contributed by atoms with Gasteiger partial charge < -0.3 is 19.1 Å². The number of amidine groups is 1. The van der Waals surface area contributed by atoms with E-state index in [1.165, 1.54) is 13.2 Å². The molecule has 2 aromatic rings. The summed E-state index contributed by atoms with van der Waals surface area (Å²) in [6.07, 6.45) is 0. The minimum absolute atomic E-state index is 0.0348. The fourth-order valence-electron chi connectivity index (χ4n) is 4.39. The number of methoxy groups -OCH3 is 1. The Kier molecular flexibility index (Phi) is 7.48. The second-order valence-electron chi connectivity index (χ2n) is 10.3. The third-order valence-electron chi connectivity index (χ3n) is 6.46. The lowest BCUT2D eigenvalue weighted by Crippen LogP contribution is -2.42. The van der Waals surface area contributed by atoms with E-state index < -0.39 is 17.3 Å². The summed E-state index contributed by atoms with van der Waals surface area (Å²) in [5, 5.41) is 8.79. The SMILES string of the molecule is CCOc1cc2c(c(F)c1OCC)C(=N)N(CC(=O)c1cc(C(=O)OC)cc(C(C)(C)C)c1)C2(C)C. The molecule has 0 spiro atoms. The fraction of sp³-hybridized carbons (Fsp3) is 0.464. The minimum Gasteiger partial charge on any atom is -0.490 e. The van der Waals surface area contributed by atoms with Crippen molar-refractivity contribution < 1.29 is 28.2 Å². The normalized spacial score (nSPS) is 14.5. The van der Waals surface area contributed by atoms with Gasteiger partial charge in [-0.25, -0.2) is 9.18 Å². The van der Waals surface area contributed by atoms with Gasteiger partial charge in [-0.15, -0.1) is 0 Å². The van der Waals surface area contributed by atoms with Crippen LogP contribution in [0.3, 0.4) is 0 Å². The van der Waals surface area contributed by atoms with Crippen molar-refractivity contribution in [1.82, 2.24) is 4.90 Å². The van der Waals surface area contributed by atoms with E-state index in [0.717, 1.165) is 5.56 Å². The van der Waals surface area contributed by atoms with Crippen molar-refractivity contribution in [2.75, 3.05) is 26.9 Å². The lowest BCUT2D eigenvalue weighted by Gasteiger charge is -2.33. The van der Waals surface area contributed by atoms with Crippen LogP contribution >= 0.6 is 0 Å². The van der Waals surface area contributed by atoms with E-state index in [2.05, 4.69) is 0 Å². The van der Waals surface area contributed by atoms with Crippen LogP contribution in [-0.4, -0.2) is 49.4 Å². The van der Waals surface area contributed by atoms with Gasteiger partial charge in [-0.05, 0) is 68.5 Å². The van der Waals surface area contributed by atoms with Gasteiger partial charge in [-0.1, -0.05) is 20.8 Å². The predicted octanol–water partition coefficient (Wildman–Crippen LogP) is 5.47. The van der Waals surface area contributed by atoms with E-state index in [1.54, 1.807) is 36.9 Å². The maximum atomic E-state index is 15.6. The molecular formula is C28H35FN2O5. The van der Waals surface area contributed by atoms with E-state index in [4.69, 9.17) is 19.6 Å². The van der Waals surface area contributed by atoms with Crippen LogP contribution in [0, 0.1) is 11.2 Å². The Balaban J connectivity index is 2.05. The molecule has 0 radical (unpaired) electrons.